The Morgan fingerprint density at radius 1 is 0.917 bits per heavy atom. The number of halogens is 2. The summed E-state index contributed by atoms with van der Waals surface area (Å²) in [5.41, 5.74) is 0.327. The molecule has 0 N–H and O–H groups in total. The number of rotatable bonds is 6. The van der Waals surface area contributed by atoms with Crippen molar-refractivity contribution in [2.45, 2.75) is 10.7 Å². The van der Waals surface area contributed by atoms with Crippen molar-refractivity contribution < 1.29 is 31.5 Å². The third-order valence-electron chi connectivity index (χ3n) is 3.08. The third-order valence-corrected chi connectivity index (χ3v) is 4.48. The van der Waals surface area contributed by atoms with Gasteiger partial charge >= 0.3 is 11.7 Å². The number of Topliss-reactive ketones (excluding diaryl/α,β-unsaturated/α-hetero) is 1. The van der Waals surface area contributed by atoms with Gasteiger partial charge < -0.3 is 4.74 Å². The predicted octanol–water partition coefficient (Wildman–Crippen LogP) is 2.72. The lowest BCUT2D eigenvalue weighted by atomic mass is 10.1. The van der Waals surface area contributed by atoms with E-state index in [2.05, 4.69) is 0 Å². The van der Waals surface area contributed by atoms with Crippen LogP contribution >= 0.6 is 0 Å². The first-order valence-corrected chi connectivity index (χ1v) is 8.24. The van der Waals surface area contributed by atoms with E-state index in [9.17, 15) is 26.8 Å². The zero-order valence-corrected chi connectivity index (χ0v) is 13.0. The van der Waals surface area contributed by atoms with Crippen LogP contribution in [0.5, 0.6) is 0 Å². The highest BCUT2D eigenvalue weighted by molar-refractivity contribution is 7.91. The number of carbonyl (C=O) groups is 2. The monoisotopic (exact) mass is 354 g/mol. The summed E-state index contributed by atoms with van der Waals surface area (Å²) in [6, 6.07) is 12.1. The molecule has 0 aliphatic heterocycles. The summed E-state index contributed by atoms with van der Waals surface area (Å²) in [5, 5.41) is 0. The van der Waals surface area contributed by atoms with Crippen molar-refractivity contribution in [3.63, 3.8) is 0 Å². The Morgan fingerprint density at radius 2 is 1.50 bits per heavy atom. The highest BCUT2D eigenvalue weighted by Gasteiger charge is 2.26. The smallest absolute Gasteiger partial charge is 0.341 e. The van der Waals surface area contributed by atoms with E-state index < -0.39 is 38.8 Å². The van der Waals surface area contributed by atoms with Crippen molar-refractivity contribution in [1.29, 1.82) is 0 Å². The number of carbonyl (C=O) groups excluding carboxylic acids is 2. The molecule has 126 valence electrons. The van der Waals surface area contributed by atoms with Crippen LogP contribution in [0, 0.1) is 0 Å². The maximum atomic E-state index is 12.4. The van der Waals surface area contributed by atoms with Crippen molar-refractivity contribution >= 4 is 21.6 Å². The van der Waals surface area contributed by atoms with Gasteiger partial charge in [0.2, 0.25) is 9.84 Å². The van der Waals surface area contributed by atoms with Gasteiger partial charge in [-0.2, -0.15) is 8.78 Å². The van der Waals surface area contributed by atoms with Crippen molar-refractivity contribution in [3.8, 4) is 0 Å². The Labute approximate surface area is 136 Å². The molecule has 0 radical (unpaired) electrons. The predicted molar refractivity (Wildman–Crippen MR) is 80.7 cm³/mol. The van der Waals surface area contributed by atoms with Crippen molar-refractivity contribution in [2.75, 3.05) is 6.61 Å². The van der Waals surface area contributed by atoms with Gasteiger partial charge in [0.05, 0.1) is 10.5 Å². The van der Waals surface area contributed by atoms with Crippen LogP contribution in [-0.2, 0) is 14.6 Å². The Bertz CT molecular complexity index is 831. The number of ketones is 1. The number of hydrogen-bond acceptors (Lipinski definition) is 5. The van der Waals surface area contributed by atoms with E-state index in [1.54, 1.807) is 30.3 Å². The minimum Gasteiger partial charge on any atom is -0.454 e. The van der Waals surface area contributed by atoms with Crippen LogP contribution in [0.25, 0.3) is 0 Å². The van der Waals surface area contributed by atoms with Crippen LogP contribution in [0.2, 0.25) is 0 Å². The van der Waals surface area contributed by atoms with Gasteiger partial charge in [-0.25, -0.2) is 13.2 Å². The average molecular weight is 354 g/mol. The summed E-state index contributed by atoms with van der Waals surface area (Å²) in [6.07, 6.45) is 0. The molecule has 0 spiro atoms. The van der Waals surface area contributed by atoms with Gasteiger partial charge in [-0.1, -0.05) is 30.3 Å². The lowest BCUT2D eigenvalue weighted by Gasteiger charge is -2.06. The second-order valence-electron chi connectivity index (χ2n) is 4.70. The van der Waals surface area contributed by atoms with Crippen molar-refractivity contribution in [2.24, 2.45) is 0 Å². The molecular weight excluding hydrogens is 342 g/mol. The quantitative estimate of drug-likeness (QED) is 0.589. The summed E-state index contributed by atoms with van der Waals surface area (Å²) in [7, 11) is -4.72. The molecule has 0 atom stereocenters. The van der Waals surface area contributed by atoms with E-state index in [1.807, 2.05) is 0 Å². The molecule has 0 saturated carbocycles. The Hall–Kier alpha value is -2.61. The lowest BCUT2D eigenvalue weighted by molar-refractivity contribution is 0.0474. The van der Waals surface area contributed by atoms with Crippen LogP contribution < -0.4 is 0 Å². The third kappa shape index (κ3) is 4.02. The summed E-state index contributed by atoms with van der Waals surface area (Å²) >= 11 is 0. The first-order valence-electron chi connectivity index (χ1n) is 6.70. The fourth-order valence-corrected chi connectivity index (χ4v) is 2.53. The Balaban J connectivity index is 2.02. The number of esters is 1. The zero-order valence-electron chi connectivity index (χ0n) is 12.2. The molecule has 0 bridgehead atoms. The molecule has 2 aromatic carbocycles. The number of sulfone groups is 1. The van der Waals surface area contributed by atoms with E-state index in [4.69, 9.17) is 4.74 Å². The molecule has 5 nitrogen and oxygen atoms in total. The summed E-state index contributed by atoms with van der Waals surface area (Å²) in [5.74, 6) is -4.81. The van der Waals surface area contributed by atoms with Gasteiger partial charge in [0.15, 0.2) is 12.4 Å². The second kappa shape index (κ2) is 7.31. The molecule has 0 heterocycles. The van der Waals surface area contributed by atoms with E-state index in [-0.39, 0.29) is 5.56 Å². The van der Waals surface area contributed by atoms with E-state index in [0.29, 0.717) is 5.56 Å². The fourth-order valence-electron chi connectivity index (χ4n) is 1.81. The van der Waals surface area contributed by atoms with Crippen LogP contribution in [0.4, 0.5) is 8.78 Å². The minimum atomic E-state index is -4.72. The fraction of sp³-hybridized carbons (Fsp3) is 0.125. The molecule has 2 rings (SSSR count). The summed E-state index contributed by atoms with van der Waals surface area (Å²) in [6.45, 7) is -0.486. The Kier molecular flexibility index (Phi) is 5.40. The second-order valence-corrected chi connectivity index (χ2v) is 6.61. The molecular formula is C16H12F2O5S. The van der Waals surface area contributed by atoms with Crippen LogP contribution in [0.1, 0.15) is 20.7 Å². The molecule has 0 aliphatic rings. The largest absolute Gasteiger partial charge is 0.454 e. The number of hydrogen-bond donors (Lipinski definition) is 0. The van der Waals surface area contributed by atoms with E-state index in [1.165, 1.54) is 0 Å². The molecule has 0 fully saturated rings. The summed E-state index contributed by atoms with van der Waals surface area (Å²) in [4.78, 5) is 23.0. The maximum Gasteiger partial charge on any atom is 0.341 e. The average Bonchev–Trinajstić information content (AvgIpc) is 2.60. The van der Waals surface area contributed by atoms with E-state index >= 15 is 0 Å². The molecule has 0 amide bonds. The number of alkyl halides is 2. The van der Waals surface area contributed by atoms with E-state index in [0.717, 1.165) is 24.3 Å². The van der Waals surface area contributed by atoms with Gasteiger partial charge in [0, 0.05) is 5.56 Å². The molecule has 0 unspecified atom stereocenters. The highest BCUT2D eigenvalue weighted by atomic mass is 32.2. The number of ether oxygens (including phenoxy) is 1. The van der Waals surface area contributed by atoms with Crippen molar-refractivity contribution in [3.05, 3.63) is 65.7 Å². The minimum absolute atomic E-state index is 0.0518. The van der Waals surface area contributed by atoms with Gasteiger partial charge in [-0.15, -0.1) is 0 Å². The maximum absolute atomic E-state index is 12.4. The van der Waals surface area contributed by atoms with Gasteiger partial charge in [-0.05, 0) is 24.3 Å². The summed E-state index contributed by atoms with van der Waals surface area (Å²) < 4.78 is 52.2. The SMILES string of the molecule is O=C(COC(=O)c1ccc(S(=O)(=O)C(F)F)cc1)c1ccccc1. The van der Waals surface area contributed by atoms with Crippen LogP contribution in [-0.4, -0.2) is 32.5 Å². The molecule has 0 aliphatic carbocycles. The lowest BCUT2D eigenvalue weighted by Crippen LogP contribution is -2.15. The van der Waals surface area contributed by atoms with Gasteiger partial charge in [0.25, 0.3) is 0 Å². The standard InChI is InChI=1S/C16H12F2O5S/c17-16(18)24(21,22)13-8-6-12(7-9-13)15(20)23-10-14(19)11-4-2-1-3-5-11/h1-9,16H,10H2. The topological polar surface area (TPSA) is 77.5 Å². The molecule has 8 heteroatoms. The first kappa shape index (κ1) is 17.7. The first-order chi connectivity index (χ1) is 11.3. The normalized spacial score (nSPS) is 11.3. The van der Waals surface area contributed by atoms with Crippen LogP contribution in [0.3, 0.4) is 0 Å². The highest BCUT2D eigenvalue weighted by Crippen LogP contribution is 2.19. The van der Waals surface area contributed by atoms with Crippen LogP contribution in [0.15, 0.2) is 59.5 Å². The van der Waals surface area contributed by atoms with Crippen molar-refractivity contribution in [1.82, 2.24) is 0 Å². The molecule has 2 aromatic rings. The Morgan fingerprint density at radius 3 is 2.04 bits per heavy atom. The molecule has 0 saturated heterocycles. The van der Waals surface area contributed by atoms with Gasteiger partial charge in [0.1, 0.15) is 0 Å². The number of benzene rings is 2. The zero-order chi connectivity index (χ0) is 17.7. The molecule has 0 aromatic heterocycles. The molecule has 24 heavy (non-hydrogen) atoms. The van der Waals surface area contributed by atoms with Gasteiger partial charge in [-0.3, -0.25) is 4.79 Å².